The van der Waals surface area contributed by atoms with Crippen molar-refractivity contribution in [1.29, 1.82) is 0 Å². The second-order valence-electron chi connectivity index (χ2n) is 3.75. The molecule has 0 saturated carbocycles. The number of halogens is 6. The molecule has 114 valence electrons. The SMILES string of the molecule is Nc1ccc(OCCOC(C(F)(F)F)C(F)(F)F)cc1. The smallest absolute Gasteiger partial charge is 0.423 e. The predicted molar refractivity (Wildman–Crippen MR) is 58.2 cm³/mol. The predicted octanol–water partition coefficient (Wildman–Crippen LogP) is 3.16. The van der Waals surface area contributed by atoms with Gasteiger partial charge in [0.05, 0.1) is 6.61 Å². The molecule has 2 N–H and O–H groups in total. The van der Waals surface area contributed by atoms with Crippen LogP contribution in [0.4, 0.5) is 32.0 Å². The van der Waals surface area contributed by atoms with Crippen LogP contribution in [0.25, 0.3) is 0 Å². The van der Waals surface area contributed by atoms with Gasteiger partial charge in [0.15, 0.2) is 0 Å². The second-order valence-corrected chi connectivity index (χ2v) is 3.75. The third-order valence-corrected chi connectivity index (χ3v) is 2.11. The monoisotopic (exact) mass is 303 g/mol. The van der Waals surface area contributed by atoms with E-state index in [0.717, 1.165) is 0 Å². The first-order chi connectivity index (χ1) is 9.10. The highest BCUT2D eigenvalue weighted by Crippen LogP contribution is 2.35. The Balaban J connectivity index is 2.44. The number of nitrogen functional groups attached to an aromatic ring is 1. The van der Waals surface area contributed by atoms with Crippen molar-refractivity contribution in [1.82, 2.24) is 0 Å². The Morgan fingerprint density at radius 1 is 0.900 bits per heavy atom. The van der Waals surface area contributed by atoms with Crippen LogP contribution in [0.3, 0.4) is 0 Å². The van der Waals surface area contributed by atoms with Crippen LogP contribution in [-0.2, 0) is 4.74 Å². The molecule has 20 heavy (non-hydrogen) atoms. The normalized spacial score (nSPS) is 12.8. The molecular weight excluding hydrogens is 292 g/mol. The summed E-state index contributed by atoms with van der Waals surface area (Å²) in [5.74, 6) is 0.262. The van der Waals surface area contributed by atoms with Crippen molar-refractivity contribution in [2.75, 3.05) is 18.9 Å². The molecule has 0 aromatic heterocycles. The van der Waals surface area contributed by atoms with Crippen molar-refractivity contribution in [3.63, 3.8) is 0 Å². The van der Waals surface area contributed by atoms with Crippen molar-refractivity contribution in [2.24, 2.45) is 0 Å². The van der Waals surface area contributed by atoms with Gasteiger partial charge in [-0.1, -0.05) is 0 Å². The van der Waals surface area contributed by atoms with Gasteiger partial charge < -0.3 is 15.2 Å². The molecule has 0 aliphatic carbocycles. The quantitative estimate of drug-likeness (QED) is 0.516. The molecule has 0 unspecified atom stereocenters. The molecule has 3 nitrogen and oxygen atoms in total. The Kier molecular flexibility index (Phi) is 5.09. The van der Waals surface area contributed by atoms with Crippen LogP contribution in [0.15, 0.2) is 24.3 Å². The van der Waals surface area contributed by atoms with Gasteiger partial charge in [0.1, 0.15) is 12.4 Å². The molecule has 0 amide bonds. The minimum Gasteiger partial charge on any atom is -0.491 e. The summed E-state index contributed by atoms with van der Waals surface area (Å²) in [6.07, 6.45) is -14.8. The minimum atomic E-state index is -5.51. The zero-order chi connectivity index (χ0) is 15.4. The Hall–Kier alpha value is -1.64. The topological polar surface area (TPSA) is 44.5 Å². The average molecular weight is 303 g/mol. The summed E-state index contributed by atoms with van der Waals surface area (Å²) in [5.41, 5.74) is 5.83. The zero-order valence-corrected chi connectivity index (χ0v) is 9.96. The molecule has 0 saturated heterocycles. The lowest BCUT2D eigenvalue weighted by molar-refractivity contribution is -0.322. The summed E-state index contributed by atoms with van der Waals surface area (Å²) < 4.78 is 81.4. The van der Waals surface area contributed by atoms with E-state index in [-0.39, 0.29) is 5.75 Å². The third kappa shape index (κ3) is 5.16. The second kappa shape index (κ2) is 6.21. The lowest BCUT2D eigenvalue weighted by Crippen LogP contribution is -2.44. The van der Waals surface area contributed by atoms with Crippen LogP contribution < -0.4 is 10.5 Å². The molecule has 0 aliphatic heterocycles. The molecule has 9 heteroatoms. The molecule has 0 fully saturated rings. The zero-order valence-electron chi connectivity index (χ0n) is 9.96. The van der Waals surface area contributed by atoms with E-state index in [1.165, 1.54) is 24.3 Å². The van der Waals surface area contributed by atoms with Crippen molar-refractivity contribution in [3.8, 4) is 5.75 Å². The van der Waals surface area contributed by atoms with Crippen molar-refractivity contribution < 1.29 is 35.8 Å². The van der Waals surface area contributed by atoms with E-state index in [1.54, 1.807) is 0 Å². The Morgan fingerprint density at radius 2 is 1.40 bits per heavy atom. The number of ether oxygens (including phenoxy) is 2. The van der Waals surface area contributed by atoms with Gasteiger partial charge in [-0.25, -0.2) is 0 Å². The fourth-order valence-electron chi connectivity index (χ4n) is 1.26. The summed E-state index contributed by atoms with van der Waals surface area (Å²) in [5, 5.41) is 0. The molecule has 1 rings (SSSR count). The lowest BCUT2D eigenvalue weighted by atomic mass is 10.3. The molecule has 0 bridgehead atoms. The number of anilines is 1. The highest BCUT2D eigenvalue weighted by atomic mass is 19.4. The minimum absolute atomic E-state index is 0.262. The fourth-order valence-corrected chi connectivity index (χ4v) is 1.26. The lowest BCUT2D eigenvalue weighted by Gasteiger charge is -2.23. The number of rotatable bonds is 5. The maximum Gasteiger partial charge on any atom is 0.423 e. The van der Waals surface area contributed by atoms with E-state index in [4.69, 9.17) is 10.5 Å². The van der Waals surface area contributed by atoms with E-state index in [2.05, 4.69) is 4.74 Å². The van der Waals surface area contributed by atoms with Gasteiger partial charge in [-0.3, -0.25) is 0 Å². The van der Waals surface area contributed by atoms with E-state index in [9.17, 15) is 26.3 Å². The van der Waals surface area contributed by atoms with Gasteiger partial charge in [-0.2, -0.15) is 26.3 Å². The highest BCUT2D eigenvalue weighted by Gasteiger charge is 2.57. The first-order valence-electron chi connectivity index (χ1n) is 5.34. The summed E-state index contributed by atoms with van der Waals surface area (Å²) >= 11 is 0. The number of benzene rings is 1. The van der Waals surface area contributed by atoms with Crippen LogP contribution in [0.2, 0.25) is 0 Å². The van der Waals surface area contributed by atoms with E-state index in [1.807, 2.05) is 0 Å². The molecule has 0 heterocycles. The highest BCUT2D eigenvalue weighted by molar-refractivity contribution is 5.41. The van der Waals surface area contributed by atoms with Crippen LogP contribution in [0, 0.1) is 0 Å². The number of nitrogens with two attached hydrogens (primary N) is 1. The summed E-state index contributed by atoms with van der Waals surface area (Å²) in [6, 6.07) is 5.81. The molecule has 0 atom stereocenters. The Labute approximate surface area is 110 Å². The van der Waals surface area contributed by atoms with Crippen LogP contribution in [-0.4, -0.2) is 31.7 Å². The van der Waals surface area contributed by atoms with Crippen LogP contribution >= 0.6 is 0 Å². The van der Waals surface area contributed by atoms with Gasteiger partial charge in [0.25, 0.3) is 0 Å². The van der Waals surface area contributed by atoms with Gasteiger partial charge in [0.2, 0.25) is 6.10 Å². The first-order valence-corrected chi connectivity index (χ1v) is 5.34. The summed E-state index contributed by atoms with van der Waals surface area (Å²) in [7, 11) is 0. The molecular formula is C11H11F6NO2. The van der Waals surface area contributed by atoms with E-state index in [0.29, 0.717) is 5.69 Å². The maximum atomic E-state index is 12.1. The number of hydrogen-bond acceptors (Lipinski definition) is 3. The molecule has 1 aromatic rings. The van der Waals surface area contributed by atoms with Crippen molar-refractivity contribution >= 4 is 5.69 Å². The van der Waals surface area contributed by atoms with Crippen molar-refractivity contribution in [2.45, 2.75) is 18.5 Å². The van der Waals surface area contributed by atoms with Gasteiger partial charge >= 0.3 is 12.4 Å². The molecule has 0 spiro atoms. The first kappa shape index (κ1) is 16.4. The van der Waals surface area contributed by atoms with Gasteiger partial charge in [0, 0.05) is 5.69 Å². The standard InChI is InChI=1S/C11H11F6NO2/c12-10(13,14)9(11(15,16)17)20-6-5-19-8-3-1-7(18)2-4-8/h1-4,9H,5-6,18H2. The Bertz CT molecular complexity index is 400. The Morgan fingerprint density at radius 3 is 1.85 bits per heavy atom. The molecule has 0 aliphatic rings. The number of alkyl halides is 6. The maximum absolute atomic E-state index is 12.1. The fraction of sp³-hybridized carbons (Fsp3) is 0.455. The summed E-state index contributed by atoms with van der Waals surface area (Å²) in [4.78, 5) is 0. The van der Waals surface area contributed by atoms with Gasteiger partial charge in [-0.15, -0.1) is 0 Å². The summed E-state index contributed by atoms with van der Waals surface area (Å²) in [6.45, 7) is -1.30. The van der Waals surface area contributed by atoms with E-state index >= 15 is 0 Å². The van der Waals surface area contributed by atoms with Crippen LogP contribution in [0.1, 0.15) is 0 Å². The molecule has 1 aromatic carbocycles. The molecule has 0 radical (unpaired) electrons. The largest absolute Gasteiger partial charge is 0.491 e. The van der Waals surface area contributed by atoms with Crippen molar-refractivity contribution in [3.05, 3.63) is 24.3 Å². The van der Waals surface area contributed by atoms with E-state index < -0.39 is 31.7 Å². The van der Waals surface area contributed by atoms with Gasteiger partial charge in [-0.05, 0) is 24.3 Å². The number of hydrogen-bond donors (Lipinski definition) is 1. The average Bonchev–Trinajstić information content (AvgIpc) is 2.27. The van der Waals surface area contributed by atoms with Crippen LogP contribution in [0.5, 0.6) is 5.75 Å². The third-order valence-electron chi connectivity index (χ3n) is 2.11.